The van der Waals surface area contributed by atoms with Gasteiger partial charge in [0, 0.05) is 37.6 Å². The maximum absolute atomic E-state index is 12.6. The number of nitrogens with two attached hydrogens (primary N) is 1. The quantitative estimate of drug-likeness (QED) is 0.636. The van der Waals surface area contributed by atoms with E-state index >= 15 is 0 Å². The first-order chi connectivity index (χ1) is 14.3. The van der Waals surface area contributed by atoms with Crippen LogP contribution >= 0.6 is 0 Å². The summed E-state index contributed by atoms with van der Waals surface area (Å²) in [4.78, 5) is 26.8. The first-order valence-corrected chi connectivity index (χ1v) is 10.9. The minimum absolute atomic E-state index is 0.0651. The van der Waals surface area contributed by atoms with Gasteiger partial charge in [0.2, 0.25) is 15.9 Å². The number of hydrogen-bond acceptors (Lipinski definition) is 6. The van der Waals surface area contributed by atoms with E-state index in [1.165, 1.54) is 28.7 Å². The highest BCUT2D eigenvalue weighted by Crippen LogP contribution is 2.22. The molecule has 3 amide bonds. The van der Waals surface area contributed by atoms with Gasteiger partial charge in [0.15, 0.2) is 0 Å². The van der Waals surface area contributed by atoms with Gasteiger partial charge in [-0.1, -0.05) is 12.5 Å². The van der Waals surface area contributed by atoms with Crippen LogP contribution in [-0.2, 0) is 16.6 Å². The van der Waals surface area contributed by atoms with Crippen molar-refractivity contribution >= 4 is 27.8 Å². The fraction of sp³-hybridized carbons (Fsp3) is 0.316. The van der Waals surface area contributed by atoms with Crippen LogP contribution in [0, 0.1) is 0 Å². The third-order valence-electron chi connectivity index (χ3n) is 4.52. The van der Waals surface area contributed by atoms with Crippen molar-refractivity contribution in [2.45, 2.75) is 30.7 Å². The smallest absolute Gasteiger partial charge is 0.391 e. The largest absolute Gasteiger partial charge is 0.411 e. The molecule has 0 aliphatic carbocycles. The van der Waals surface area contributed by atoms with Crippen molar-refractivity contribution in [2.75, 3.05) is 18.4 Å². The topological polar surface area (TPSA) is 144 Å². The van der Waals surface area contributed by atoms with Gasteiger partial charge in [-0.25, -0.2) is 23.0 Å². The number of benzene rings is 1. The van der Waals surface area contributed by atoms with E-state index < -0.39 is 22.1 Å². The van der Waals surface area contributed by atoms with Gasteiger partial charge in [-0.3, -0.25) is 0 Å². The van der Waals surface area contributed by atoms with Crippen LogP contribution in [0.2, 0.25) is 0 Å². The summed E-state index contributed by atoms with van der Waals surface area (Å²) < 4.78 is 31.4. The SMILES string of the molecule is NC(=O)Oc1ccc(CNC(=O)Nc2ccc(S(=O)(=O)N3CCCCC3)cc2)cn1. The summed E-state index contributed by atoms with van der Waals surface area (Å²) >= 11 is 0. The van der Waals surface area contributed by atoms with E-state index in [4.69, 9.17) is 5.73 Å². The molecule has 1 saturated heterocycles. The third-order valence-corrected chi connectivity index (χ3v) is 6.43. The lowest BCUT2D eigenvalue weighted by Gasteiger charge is -2.25. The summed E-state index contributed by atoms with van der Waals surface area (Å²) in [5.41, 5.74) is 6.05. The molecule has 0 unspecified atom stereocenters. The molecule has 30 heavy (non-hydrogen) atoms. The number of urea groups is 1. The summed E-state index contributed by atoms with van der Waals surface area (Å²) in [6.07, 6.45) is 3.28. The van der Waals surface area contributed by atoms with Crippen LogP contribution in [-0.4, -0.2) is 42.9 Å². The zero-order valence-corrected chi connectivity index (χ0v) is 17.0. The predicted octanol–water partition coefficient (Wildman–Crippen LogP) is 2.04. The molecule has 0 saturated carbocycles. The van der Waals surface area contributed by atoms with Gasteiger partial charge < -0.3 is 21.1 Å². The molecule has 10 nitrogen and oxygen atoms in total. The molecule has 0 spiro atoms. The van der Waals surface area contributed by atoms with Gasteiger partial charge in [0.05, 0.1) is 4.90 Å². The number of hydrogen-bond donors (Lipinski definition) is 3. The van der Waals surface area contributed by atoms with Crippen molar-refractivity contribution in [1.29, 1.82) is 0 Å². The Morgan fingerprint density at radius 3 is 2.37 bits per heavy atom. The molecule has 1 aromatic heterocycles. The minimum Gasteiger partial charge on any atom is -0.391 e. The molecule has 2 heterocycles. The van der Waals surface area contributed by atoms with Crippen LogP contribution < -0.4 is 21.1 Å². The number of ether oxygens (including phenoxy) is 1. The molecule has 1 fully saturated rings. The maximum atomic E-state index is 12.6. The summed E-state index contributed by atoms with van der Waals surface area (Å²) in [6.45, 7) is 1.27. The zero-order chi connectivity index (χ0) is 21.6. The van der Waals surface area contributed by atoms with Crippen molar-refractivity contribution in [1.82, 2.24) is 14.6 Å². The van der Waals surface area contributed by atoms with Crippen LogP contribution in [0.4, 0.5) is 15.3 Å². The molecule has 1 aliphatic rings. The molecular weight excluding hydrogens is 410 g/mol. The first-order valence-electron chi connectivity index (χ1n) is 9.42. The highest BCUT2D eigenvalue weighted by molar-refractivity contribution is 7.89. The second kappa shape index (κ2) is 9.55. The van der Waals surface area contributed by atoms with E-state index in [1.807, 2.05) is 0 Å². The van der Waals surface area contributed by atoms with Crippen LogP contribution in [0.1, 0.15) is 24.8 Å². The summed E-state index contributed by atoms with van der Waals surface area (Å²) in [5, 5.41) is 5.30. The van der Waals surface area contributed by atoms with E-state index in [9.17, 15) is 18.0 Å². The van der Waals surface area contributed by atoms with E-state index in [2.05, 4.69) is 20.4 Å². The van der Waals surface area contributed by atoms with Crippen LogP contribution in [0.25, 0.3) is 0 Å². The van der Waals surface area contributed by atoms with Crippen molar-refractivity contribution in [3.05, 3.63) is 48.2 Å². The van der Waals surface area contributed by atoms with Gasteiger partial charge in [-0.15, -0.1) is 0 Å². The molecule has 160 valence electrons. The minimum atomic E-state index is -3.51. The van der Waals surface area contributed by atoms with Crippen LogP contribution in [0.3, 0.4) is 0 Å². The molecule has 0 radical (unpaired) electrons. The Morgan fingerprint density at radius 1 is 1.07 bits per heavy atom. The average Bonchev–Trinajstić information content (AvgIpc) is 2.74. The second-order valence-corrected chi connectivity index (χ2v) is 8.66. The van der Waals surface area contributed by atoms with Gasteiger partial charge in [-0.05, 0) is 42.7 Å². The molecule has 4 N–H and O–H groups in total. The predicted molar refractivity (Wildman–Crippen MR) is 109 cm³/mol. The average molecular weight is 433 g/mol. The number of carbonyl (C=O) groups is 2. The number of carbonyl (C=O) groups excluding carboxylic acids is 2. The Bertz CT molecular complexity index is 987. The van der Waals surface area contributed by atoms with Gasteiger partial charge in [0.25, 0.3) is 0 Å². The number of sulfonamides is 1. The Kier molecular flexibility index (Phi) is 6.85. The number of pyridine rings is 1. The molecule has 11 heteroatoms. The van der Waals surface area contributed by atoms with Gasteiger partial charge >= 0.3 is 12.1 Å². The molecule has 1 aromatic carbocycles. The second-order valence-electron chi connectivity index (χ2n) is 6.72. The van der Waals surface area contributed by atoms with E-state index in [0.717, 1.165) is 19.3 Å². The molecule has 0 atom stereocenters. The van der Waals surface area contributed by atoms with Gasteiger partial charge in [0.1, 0.15) is 0 Å². The monoisotopic (exact) mass is 433 g/mol. The highest BCUT2D eigenvalue weighted by Gasteiger charge is 2.25. The number of rotatable bonds is 6. The molecule has 1 aliphatic heterocycles. The molecule has 2 aromatic rings. The van der Waals surface area contributed by atoms with E-state index in [1.54, 1.807) is 18.2 Å². The van der Waals surface area contributed by atoms with E-state index in [-0.39, 0.29) is 17.3 Å². The highest BCUT2D eigenvalue weighted by atomic mass is 32.2. The lowest BCUT2D eigenvalue weighted by Crippen LogP contribution is -2.35. The van der Waals surface area contributed by atoms with Gasteiger partial charge in [-0.2, -0.15) is 4.31 Å². The summed E-state index contributed by atoms with van der Waals surface area (Å²) in [7, 11) is -3.51. The van der Waals surface area contributed by atoms with E-state index in [0.29, 0.717) is 24.3 Å². The van der Waals surface area contributed by atoms with Crippen LogP contribution in [0.5, 0.6) is 5.88 Å². The van der Waals surface area contributed by atoms with Crippen molar-refractivity contribution in [3.8, 4) is 5.88 Å². The number of nitrogens with zero attached hydrogens (tertiary/aromatic N) is 2. The maximum Gasteiger partial charge on any atom is 0.411 e. The van der Waals surface area contributed by atoms with Crippen molar-refractivity contribution in [2.24, 2.45) is 5.73 Å². The molecule has 3 rings (SSSR count). The number of nitrogens with one attached hydrogen (secondary N) is 2. The standard InChI is InChI=1S/C19H23N5O5S/c20-18(25)29-17-9-4-14(12-21-17)13-22-19(26)23-15-5-7-16(8-6-15)30(27,28)24-10-2-1-3-11-24/h4-9,12H,1-3,10-11,13H2,(H2,20,25)(H2,22,23,26). The fourth-order valence-corrected chi connectivity index (χ4v) is 4.52. The summed E-state index contributed by atoms with van der Waals surface area (Å²) in [5.74, 6) is 0.0651. The Labute approximate surface area is 174 Å². The Morgan fingerprint density at radius 2 is 1.77 bits per heavy atom. The molecular formula is C19H23N5O5S. The number of aromatic nitrogens is 1. The third kappa shape index (κ3) is 5.67. The number of amides is 3. The number of primary amides is 1. The Balaban J connectivity index is 1.52. The Hall–Kier alpha value is -3.18. The van der Waals surface area contributed by atoms with Crippen LogP contribution in [0.15, 0.2) is 47.5 Å². The zero-order valence-electron chi connectivity index (χ0n) is 16.2. The number of piperidine rings is 1. The normalized spacial score (nSPS) is 14.7. The molecule has 0 bridgehead atoms. The summed E-state index contributed by atoms with van der Waals surface area (Å²) in [6, 6.07) is 8.70. The first kappa shape index (κ1) is 21.5. The van der Waals surface area contributed by atoms with Crippen molar-refractivity contribution < 1.29 is 22.7 Å². The van der Waals surface area contributed by atoms with Crippen molar-refractivity contribution in [3.63, 3.8) is 0 Å². The lowest BCUT2D eigenvalue weighted by molar-refractivity contribution is 0.209. The fourth-order valence-electron chi connectivity index (χ4n) is 3.00. The number of anilines is 1. The lowest BCUT2D eigenvalue weighted by atomic mass is 10.2.